The number of benzene rings is 1. The van der Waals surface area contributed by atoms with E-state index in [9.17, 15) is 4.79 Å². The largest absolute Gasteiger partial charge is 0.274 e. The van der Waals surface area contributed by atoms with Gasteiger partial charge in [0.15, 0.2) is 5.16 Å². The minimum atomic E-state index is -0.146. The molecule has 116 valence electrons. The van der Waals surface area contributed by atoms with Crippen molar-refractivity contribution in [2.45, 2.75) is 19.0 Å². The molecule has 6 heteroatoms. The van der Waals surface area contributed by atoms with Gasteiger partial charge in [-0.2, -0.15) is 0 Å². The van der Waals surface area contributed by atoms with E-state index in [0.717, 1.165) is 11.0 Å². The molecule has 2 atom stereocenters. The van der Waals surface area contributed by atoms with Crippen LogP contribution in [-0.4, -0.2) is 21.7 Å². The van der Waals surface area contributed by atoms with Crippen molar-refractivity contribution >= 4 is 51.9 Å². The summed E-state index contributed by atoms with van der Waals surface area (Å²) in [5.41, 5.74) is 1.54. The first-order chi connectivity index (χ1) is 10.4. The summed E-state index contributed by atoms with van der Waals surface area (Å²) in [5.74, 6) is -0.0248. The van der Waals surface area contributed by atoms with Gasteiger partial charge in [0.2, 0.25) is 5.91 Å². The molecule has 1 aromatic carbocycles. The molecule has 0 bridgehead atoms. The quantitative estimate of drug-likeness (QED) is 0.728. The van der Waals surface area contributed by atoms with Crippen LogP contribution in [0.5, 0.6) is 0 Å². The van der Waals surface area contributed by atoms with Crippen molar-refractivity contribution in [1.82, 2.24) is 9.55 Å². The third-order valence-corrected chi connectivity index (χ3v) is 5.31. The van der Waals surface area contributed by atoms with Gasteiger partial charge in [0, 0.05) is 0 Å². The third kappa shape index (κ3) is 2.47. The summed E-state index contributed by atoms with van der Waals surface area (Å²) in [5, 5.41) is 0.716. The monoisotopic (exact) mass is 354 g/mol. The van der Waals surface area contributed by atoms with E-state index in [4.69, 9.17) is 23.2 Å². The number of imidazole rings is 1. The lowest BCUT2D eigenvalue weighted by molar-refractivity contribution is 0.0863. The molecule has 0 spiro atoms. The van der Waals surface area contributed by atoms with Crippen molar-refractivity contribution in [3.8, 4) is 0 Å². The van der Waals surface area contributed by atoms with Crippen LogP contribution < -0.4 is 0 Å². The summed E-state index contributed by atoms with van der Waals surface area (Å²) >= 11 is 13.0. The predicted octanol–water partition coefficient (Wildman–Crippen LogP) is 4.99. The first-order valence-electron chi connectivity index (χ1n) is 6.96. The fourth-order valence-corrected chi connectivity index (χ4v) is 3.92. The van der Waals surface area contributed by atoms with Gasteiger partial charge >= 0.3 is 0 Å². The fraction of sp³-hybridized carbons (Fsp3) is 0.375. The van der Waals surface area contributed by atoms with Crippen LogP contribution in [0.25, 0.3) is 11.0 Å². The number of carbonyl (C=O) groups excluding carboxylic acids is 1. The summed E-state index contributed by atoms with van der Waals surface area (Å²) in [6.07, 6.45) is 3.69. The molecule has 1 saturated carbocycles. The number of hydrogen-bond acceptors (Lipinski definition) is 3. The highest BCUT2D eigenvalue weighted by molar-refractivity contribution is 7.98. The summed E-state index contributed by atoms with van der Waals surface area (Å²) < 4.78 is 1.94. The Balaban J connectivity index is 2.05. The molecule has 0 unspecified atom stereocenters. The molecule has 3 rings (SSSR count). The van der Waals surface area contributed by atoms with Gasteiger partial charge in [0.05, 0.1) is 17.0 Å². The van der Waals surface area contributed by atoms with Crippen molar-refractivity contribution in [1.29, 1.82) is 0 Å². The van der Waals surface area contributed by atoms with E-state index >= 15 is 0 Å². The SMILES string of the molecule is CSc1nc2ccccc2n1C(=O)[C@@H]1[C@@H](C=C(Cl)Cl)C1(C)C. The van der Waals surface area contributed by atoms with Crippen molar-refractivity contribution in [3.63, 3.8) is 0 Å². The van der Waals surface area contributed by atoms with Gasteiger partial charge in [0.25, 0.3) is 0 Å². The Labute approximate surface area is 143 Å². The molecule has 0 saturated heterocycles. The number of thioether (sulfide) groups is 1. The average molecular weight is 355 g/mol. The minimum Gasteiger partial charge on any atom is -0.274 e. The normalized spacial score (nSPS) is 22.6. The zero-order valence-electron chi connectivity index (χ0n) is 12.5. The van der Waals surface area contributed by atoms with Crippen molar-refractivity contribution in [2.75, 3.05) is 6.26 Å². The topological polar surface area (TPSA) is 34.9 Å². The first kappa shape index (κ1) is 15.9. The summed E-state index contributed by atoms with van der Waals surface area (Å²) in [6.45, 7) is 4.12. The van der Waals surface area contributed by atoms with Crippen LogP contribution >= 0.6 is 35.0 Å². The second-order valence-corrected chi connectivity index (χ2v) is 7.82. The van der Waals surface area contributed by atoms with Crippen LogP contribution in [0.15, 0.2) is 40.0 Å². The lowest BCUT2D eigenvalue weighted by Gasteiger charge is -2.07. The van der Waals surface area contributed by atoms with Crippen molar-refractivity contribution in [2.24, 2.45) is 17.3 Å². The maximum atomic E-state index is 13.1. The molecular weight excluding hydrogens is 339 g/mol. The molecule has 1 heterocycles. The summed E-state index contributed by atoms with van der Waals surface area (Å²) in [4.78, 5) is 17.6. The molecule has 0 aliphatic heterocycles. The second kappa shape index (κ2) is 5.59. The smallest absolute Gasteiger partial charge is 0.237 e. The Morgan fingerprint density at radius 3 is 2.68 bits per heavy atom. The highest BCUT2D eigenvalue weighted by Gasteiger charge is 2.61. The number of allylic oxidation sites excluding steroid dienone is 1. The molecule has 1 aromatic heterocycles. The summed E-state index contributed by atoms with van der Waals surface area (Å²) in [6, 6.07) is 7.69. The standard InChI is InChI=1S/C16H16Cl2N2OS/c1-16(2)9(8-12(17)18)13(16)14(21)20-11-7-5-4-6-10(11)19-15(20)22-3/h4-9,13H,1-3H3/t9-,13+/m1/s1. The van der Waals surface area contributed by atoms with E-state index < -0.39 is 0 Å². The highest BCUT2D eigenvalue weighted by atomic mass is 35.5. The molecular formula is C16H16Cl2N2OS. The first-order valence-corrected chi connectivity index (χ1v) is 8.94. The molecule has 2 aromatic rings. The van der Waals surface area contributed by atoms with Gasteiger partial charge < -0.3 is 0 Å². The van der Waals surface area contributed by atoms with Gasteiger partial charge in [0.1, 0.15) is 4.49 Å². The maximum absolute atomic E-state index is 13.1. The number of aromatic nitrogens is 2. The third-order valence-electron chi connectivity index (χ3n) is 4.42. The van der Waals surface area contributed by atoms with Crippen LogP contribution in [0.3, 0.4) is 0 Å². The number of hydrogen-bond donors (Lipinski definition) is 0. The van der Waals surface area contributed by atoms with Crippen LogP contribution in [0.4, 0.5) is 0 Å². The zero-order chi connectivity index (χ0) is 16.1. The van der Waals surface area contributed by atoms with Crippen LogP contribution in [0.2, 0.25) is 0 Å². The molecule has 0 radical (unpaired) electrons. The summed E-state index contributed by atoms with van der Waals surface area (Å²) in [7, 11) is 0. The Kier molecular flexibility index (Phi) is 4.04. The fourth-order valence-electron chi connectivity index (χ4n) is 3.09. The van der Waals surface area contributed by atoms with Gasteiger partial charge in [-0.25, -0.2) is 4.98 Å². The molecule has 0 N–H and O–H groups in total. The van der Waals surface area contributed by atoms with Crippen LogP contribution in [-0.2, 0) is 0 Å². The van der Waals surface area contributed by atoms with E-state index in [1.807, 2.05) is 30.5 Å². The molecule has 0 amide bonds. The molecule has 1 aliphatic rings. The number of nitrogens with zero attached hydrogens (tertiary/aromatic N) is 2. The predicted molar refractivity (Wildman–Crippen MR) is 92.7 cm³/mol. The number of para-hydroxylation sites is 2. The van der Waals surface area contributed by atoms with Gasteiger partial charge in [-0.3, -0.25) is 9.36 Å². The lowest BCUT2D eigenvalue weighted by Crippen LogP contribution is -2.16. The van der Waals surface area contributed by atoms with E-state index in [2.05, 4.69) is 18.8 Å². The van der Waals surface area contributed by atoms with Crippen LogP contribution in [0.1, 0.15) is 18.6 Å². The number of halogens is 2. The Bertz CT molecular complexity index is 778. The molecule has 1 aliphatic carbocycles. The molecule has 1 fully saturated rings. The maximum Gasteiger partial charge on any atom is 0.237 e. The number of rotatable bonds is 3. The van der Waals surface area contributed by atoms with Crippen LogP contribution in [0, 0.1) is 17.3 Å². The zero-order valence-corrected chi connectivity index (χ0v) is 14.8. The van der Waals surface area contributed by atoms with E-state index in [1.165, 1.54) is 11.8 Å². The van der Waals surface area contributed by atoms with Gasteiger partial charge in [-0.15, -0.1) is 0 Å². The number of carbonyl (C=O) groups is 1. The van der Waals surface area contributed by atoms with E-state index in [1.54, 1.807) is 10.6 Å². The van der Waals surface area contributed by atoms with E-state index in [-0.39, 0.29) is 27.6 Å². The van der Waals surface area contributed by atoms with E-state index in [0.29, 0.717) is 5.16 Å². The lowest BCUT2D eigenvalue weighted by atomic mass is 10.1. The Morgan fingerprint density at radius 2 is 2.05 bits per heavy atom. The van der Waals surface area contributed by atoms with Crippen molar-refractivity contribution in [3.05, 3.63) is 34.8 Å². The Morgan fingerprint density at radius 1 is 1.36 bits per heavy atom. The average Bonchev–Trinajstić information content (AvgIpc) is 2.84. The van der Waals surface area contributed by atoms with Crippen molar-refractivity contribution < 1.29 is 4.79 Å². The molecule has 3 nitrogen and oxygen atoms in total. The Hall–Kier alpha value is -0.970. The second-order valence-electron chi connectivity index (χ2n) is 6.04. The number of fused-ring (bicyclic) bond motifs is 1. The highest BCUT2D eigenvalue weighted by Crippen LogP contribution is 2.60. The van der Waals surface area contributed by atoms with Gasteiger partial charge in [-0.05, 0) is 35.8 Å². The van der Waals surface area contributed by atoms with Gasteiger partial charge in [-0.1, -0.05) is 60.9 Å². The molecule has 22 heavy (non-hydrogen) atoms. The minimum absolute atomic E-state index is 0.0545.